The zero-order chi connectivity index (χ0) is 9.97. The van der Waals surface area contributed by atoms with Crippen molar-refractivity contribution < 1.29 is 4.79 Å². The summed E-state index contributed by atoms with van der Waals surface area (Å²) in [6.45, 7) is 2.91. The Labute approximate surface area is 83.8 Å². The monoisotopic (exact) mass is 190 g/mol. The van der Waals surface area contributed by atoms with Gasteiger partial charge in [0.15, 0.2) is 0 Å². The number of hydrogen-bond donors (Lipinski definition) is 0. The molecule has 0 aromatic carbocycles. The van der Waals surface area contributed by atoms with Gasteiger partial charge in [-0.05, 0) is 37.5 Å². The Bertz CT molecular complexity index is 338. The molecule has 0 N–H and O–H groups in total. The maximum atomic E-state index is 10.8. The quantitative estimate of drug-likeness (QED) is 0.665. The second-order valence-electron chi connectivity index (χ2n) is 3.76. The van der Waals surface area contributed by atoms with E-state index in [9.17, 15) is 4.79 Å². The van der Waals surface area contributed by atoms with Crippen LogP contribution < -0.4 is 0 Å². The lowest BCUT2D eigenvalue weighted by molar-refractivity contribution is -0.119. The van der Waals surface area contributed by atoms with Crippen molar-refractivity contribution in [3.8, 4) is 0 Å². The molecule has 1 atom stereocenters. The molecule has 1 saturated heterocycles. The highest BCUT2D eigenvalue weighted by Gasteiger charge is 2.25. The SMILES string of the molecule is Cc1ccnc(C2CCCN2C=O)c1. The second kappa shape index (κ2) is 3.78. The van der Waals surface area contributed by atoms with Crippen LogP contribution in [0.2, 0.25) is 0 Å². The number of aryl methyl sites for hydroxylation is 1. The van der Waals surface area contributed by atoms with Gasteiger partial charge in [0.2, 0.25) is 6.41 Å². The molecule has 1 amide bonds. The van der Waals surface area contributed by atoms with E-state index < -0.39 is 0 Å². The van der Waals surface area contributed by atoms with E-state index in [2.05, 4.69) is 11.1 Å². The molecule has 74 valence electrons. The number of carbonyl (C=O) groups is 1. The number of likely N-dealkylation sites (tertiary alicyclic amines) is 1. The van der Waals surface area contributed by atoms with Crippen molar-refractivity contribution in [3.05, 3.63) is 29.6 Å². The predicted molar refractivity (Wildman–Crippen MR) is 53.7 cm³/mol. The summed E-state index contributed by atoms with van der Waals surface area (Å²) in [6, 6.07) is 4.24. The lowest BCUT2D eigenvalue weighted by Crippen LogP contribution is -2.21. The lowest BCUT2D eigenvalue weighted by atomic mass is 10.1. The first kappa shape index (κ1) is 9.19. The van der Waals surface area contributed by atoms with Crippen molar-refractivity contribution in [1.29, 1.82) is 0 Å². The van der Waals surface area contributed by atoms with Gasteiger partial charge < -0.3 is 4.90 Å². The van der Waals surface area contributed by atoms with Crippen molar-refractivity contribution in [3.63, 3.8) is 0 Å². The summed E-state index contributed by atoms with van der Waals surface area (Å²) in [4.78, 5) is 16.9. The van der Waals surface area contributed by atoms with Gasteiger partial charge in [0.1, 0.15) is 0 Å². The van der Waals surface area contributed by atoms with Gasteiger partial charge >= 0.3 is 0 Å². The summed E-state index contributed by atoms with van der Waals surface area (Å²) in [7, 11) is 0. The minimum atomic E-state index is 0.201. The number of pyridine rings is 1. The summed E-state index contributed by atoms with van der Waals surface area (Å²) < 4.78 is 0. The average molecular weight is 190 g/mol. The Morgan fingerprint density at radius 1 is 1.64 bits per heavy atom. The molecular weight excluding hydrogens is 176 g/mol. The van der Waals surface area contributed by atoms with Crippen LogP contribution >= 0.6 is 0 Å². The summed E-state index contributed by atoms with van der Waals surface area (Å²) >= 11 is 0. The van der Waals surface area contributed by atoms with Gasteiger partial charge in [-0.1, -0.05) is 0 Å². The molecule has 1 aliphatic rings. The highest BCUT2D eigenvalue weighted by atomic mass is 16.1. The normalized spacial score (nSPS) is 21.2. The zero-order valence-electron chi connectivity index (χ0n) is 8.31. The molecule has 0 saturated carbocycles. The molecule has 1 aromatic heterocycles. The fourth-order valence-corrected chi connectivity index (χ4v) is 1.97. The van der Waals surface area contributed by atoms with Crippen LogP contribution in [0.1, 0.15) is 30.1 Å². The average Bonchev–Trinajstić information content (AvgIpc) is 2.65. The molecule has 0 spiro atoms. The van der Waals surface area contributed by atoms with Crippen LogP contribution in [0.25, 0.3) is 0 Å². The Morgan fingerprint density at radius 3 is 3.21 bits per heavy atom. The molecule has 1 aliphatic heterocycles. The Kier molecular flexibility index (Phi) is 2.48. The molecule has 3 nitrogen and oxygen atoms in total. The van der Waals surface area contributed by atoms with E-state index in [-0.39, 0.29) is 6.04 Å². The van der Waals surface area contributed by atoms with E-state index in [1.54, 1.807) is 0 Å². The first-order valence-electron chi connectivity index (χ1n) is 4.95. The van der Waals surface area contributed by atoms with Gasteiger partial charge in [0.25, 0.3) is 0 Å². The van der Waals surface area contributed by atoms with Crippen molar-refractivity contribution >= 4 is 6.41 Å². The molecule has 0 bridgehead atoms. The summed E-state index contributed by atoms with van der Waals surface area (Å²) in [5, 5.41) is 0. The van der Waals surface area contributed by atoms with Gasteiger partial charge in [0, 0.05) is 12.7 Å². The molecular formula is C11H14N2O. The van der Waals surface area contributed by atoms with E-state index >= 15 is 0 Å². The van der Waals surface area contributed by atoms with Crippen molar-refractivity contribution in [1.82, 2.24) is 9.88 Å². The Hall–Kier alpha value is -1.38. The maximum Gasteiger partial charge on any atom is 0.210 e. The van der Waals surface area contributed by atoms with Crippen molar-refractivity contribution in [2.24, 2.45) is 0 Å². The topological polar surface area (TPSA) is 33.2 Å². The lowest BCUT2D eigenvalue weighted by Gasteiger charge is -2.19. The highest BCUT2D eigenvalue weighted by Crippen LogP contribution is 2.29. The standard InChI is InChI=1S/C11H14N2O/c1-9-4-5-12-10(7-9)11-3-2-6-13(11)8-14/h4-5,7-8,11H,2-3,6H2,1H3. The van der Waals surface area contributed by atoms with Crippen molar-refractivity contribution in [2.45, 2.75) is 25.8 Å². The van der Waals surface area contributed by atoms with Gasteiger partial charge in [0.05, 0.1) is 11.7 Å². The number of nitrogens with zero attached hydrogens (tertiary/aromatic N) is 2. The Balaban J connectivity index is 2.25. The predicted octanol–water partition coefficient (Wildman–Crippen LogP) is 1.68. The summed E-state index contributed by atoms with van der Waals surface area (Å²) in [5.41, 5.74) is 2.22. The van der Waals surface area contributed by atoms with E-state index in [1.165, 1.54) is 5.56 Å². The van der Waals surface area contributed by atoms with Crippen LogP contribution in [0.15, 0.2) is 18.3 Å². The number of rotatable bonds is 2. The van der Waals surface area contributed by atoms with Crippen LogP contribution in [0.5, 0.6) is 0 Å². The molecule has 1 fully saturated rings. The van der Waals surface area contributed by atoms with E-state index in [4.69, 9.17) is 0 Å². The molecule has 1 unspecified atom stereocenters. The molecule has 1 aromatic rings. The number of aromatic nitrogens is 1. The van der Waals surface area contributed by atoms with Gasteiger partial charge in [-0.3, -0.25) is 9.78 Å². The summed E-state index contributed by atoms with van der Waals surface area (Å²) in [6.07, 6.45) is 4.86. The van der Waals surface area contributed by atoms with Crippen LogP contribution in [0.4, 0.5) is 0 Å². The Morgan fingerprint density at radius 2 is 2.50 bits per heavy atom. The molecule has 2 rings (SSSR count). The van der Waals surface area contributed by atoms with E-state index in [0.717, 1.165) is 31.5 Å². The minimum Gasteiger partial charge on any atom is -0.337 e. The number of amides is 1. The maximum absolute atomic E-state index is 10.8. The molecule has 14 heavy (non-hydrogen) atoms. The van der Waals surface area contributed by atoms with E-state index in [0.29, 0.717) is 0 Å². The minimum absolute atomic E-state index is 0.201. The fourth-order valence-electron chi connectivity index (χ4n) is 1.97. The summed E-state index contributed by atoms with van der Waals surface area (Å²) in [5.74, 6) is 0. The molecule has 3 heteroatoms. The van der Waals surface area contributed by atoms with Crippen LogP contribution in [0, 0.1) is 6.92 Å². The third-order valence-corrected chi connectivity index (χ3v) is 2.71. The smallest absolute Gasteiger partial charge is 0.210 e. The molecule has 0 radical (unpaired) electrons. The number of carbonyl (C=O) groups excluding carboxylic acids is 1. The first-order chi connectivity index (χ1) is 6.81. The fraction of sp³-hybridized carbons (Fsp3) is 0.455. The third kappa shape index (κ3) is 1.62. The van der Waals surface area contributed by atoms with Crippen LogP contribution in [-0.4, -0.2) is 22.8 Å². The molecule has 2 heterocycles. The van der Waals surface area contributed by atoms with Crippen LogP contribution in [-0.2, 0) is 4.79 Å². The highest BCUT2D eigenvalue weighted by molar-refractivity contribution is 5.49. The number of hydrogen-bond acceptors (Lipinski definition) is 2. The van der Waals surface area contributed by atoms with Crippen molar-refractivity contribution in [2.75, 3.05) is 6.54 Å². The van der Waals surface area contributed by atoms with Gasteiger partial charge in [-0.25, -0.2) is 0 Å². The van der Waals surface area contributed by atoms with Gasteiger partial charge in [-0.2, -0.15) is 0 Å². The third-order valence-electron chi connectivity index (χ3n) is 2.71. The first-order valence-corrected chi connectivity index (χ1v) is 4.95. The van der Waals surface area contributed by atoms with Gasteiger partial charge in [-0.15, -0.1) is 0 Å². The van der Waals surface area contributed by atoms with E-state index in [1.807, 2.05) is 24.1 Å². The molecule has 0 aliphatic carbocycles. The van der Waals surface area contributed by atoms with Crippen LogP contribution in [0.3, 0.4) is 0 Å². The largest absolute Gasteiger partial charge is 0.337 e. The second-order valence-corrected chi connectivity index (χ2v) is 3.76. The zero-order valence-corrected chi connectivity index (χ0v) is 8.31.